The third kappa shape index (κ3) is 8.72. The van der Waals surface area contributed by atoms with E-state index in [0.717, 1.165) is 38.1 Å². The quantitative estimate of drug-likeness (QED) is 0.596. The summed E-state index contributed by atoms with van der Waals surface area (Å²) in [7, 11) is 0. The summed E-state index contributed by atoms with van der Waals surface area (Å²) in [6, 6.07) is -0.315. The van der Waals surface area contributed by atoms with Gasteiger partial charge in [0.25, 0.3) is 0 Å². The van der Waals surface area contributed by atoms with Crippen molar-refractivity contribution in [1.82, 2.24) is 5.32 Å². The summed E-state index contributed by atoms with van der Waals surface area (Å²) >= 11 is 0. The largest absolute Gasteiger partial charge is 0.355 e. The van der Waals surface area contributed by atoms with Crippen molar-refractivity contribution in [2.24, 2.45) is 11.7 Å². The maximum Gasteiger partial charge on any atom is 0.236 e. The van der Waals surface area contributed by atoms with E-state index in [4.69, 9.17) is 5.73 Å². The van der Waals surface area contributed by atoms with Gasteiger partial charge in [-0.2, -0.15) is 0 Å². The minimum Gasteiger partial charge on any atom is -0.355 e. The minimum atomic E-state index is -0.315. The van der Waals surface area contributed by atoms with Crippen LogP contribution in [0.15, 0.2) is 0 Å². The summed E-state index contributed by atoms with van der Waals surface area (Å²) < 4.78 is 0. The van der Waals surface area contributed by atoms with E-state index in [1.54, 1.807) is 0 Å². The molecule has 1 amide bonds. The van der Waals surface area contributed by atoms with E-state index >= 15 is 0 Å². The molecule has 0 heterocycles. The molecule has 0 aliphatic rings. The lowest BCUT2D eigenvalue weighted by atomic mass is 10.1. The van der Waals surface area contributed by atoms with Crippen molar-refractivity contribution in [3.8, 4) is 0 Å². The highest BCUT2D eigenvalue weighted by Gasteiger charge is 2.11. The number of nitrogens with two attached hydrogens (primary N) is 1. The Morgan fingerprint density at radius 1 is 1.19 bits per heavy atom. The normalized spacial score (nSPS) is 12.8. The molecular formula is C13H28N2O. The molecule has 0 aliphatic heterocycles. The molecule has 3 N–H and O–H groups in total. The van der Waals surface area contributed by atoms with E-state index in [-0.39, 0.29) is 11.9 Å². The van der Waals surface area contributed by atoms with Crippen LogP contribution in [-0.2, 0) is 4.79 Å². The predicted octanol–water partition coefficient (Wildman–Crippen LogP) is 2.45. The molecule has 0 aromatic carbocycles. The average Bonchev–Trinajstić information content (AvgIpc) is 2.24. The van der Waals surface area contributed by atoms with Crippen molar-refractivity contribution in [1.29, 1.82) is 0 Å². The van der Waals surface area contributed by atoms with Gasteiger partial charge in [-0.15, -0.1) is 0 Å². The van der Waals surface area contributed by atoms with Crippen molar-refractivity contribution in [2.45, 2.75) is 65.3 Å². The van der Waals surface area contributed by atoms with Crippen LogP contribution >= 0.6 is 0 Å². The number of hydrogen-bond donors (Lipinski definition) is 2. The average molecular weight is 228 g/mol. The number of hydrogen-bond acceptors (Lipinski definition) is 2. The number of nitrogens with one attached hydrogen (secondary N) is 1. The predicted molar refractivity (Wildman–Crippen MR) is 69.2 cm³/mol. The molecule has 0 radical (unpaired) electrons. The maximum absolute atomic E-state index is 11.5. The van der Waals surface area contributed by atoms with Crippen LogP contribution in [0.25, 0.3) is 0 Å². The number of amides is 1. The molecule has 0 saturated heterocycles. The summed E-state index contributed by atoms with van der Waals surface area (Å²) in [5, 5.41) is 2.90. The number of carbonyl (C=O) groups is 1. The van der Waals surface area contributed by atoms with Crippen LogP contribution in [0.4, 0.5) is 0 Å². The third-order valence-corrected chi connectivity index (χ3v) is 2.71. The Labute approximate surface area is 100 Å². The fourth-order valence-electron chi connectivity index (χ4n) is 1.58. The van der Waals surface area contributed by atoms with E-state index in [0.29, 0.717) is 0 Å². The number of unbranched alkanes of at least 4 members (excludes halogenated alkanes) is 2. The van der Waals surface area contributed by atoms with Gasteiger partial charge in [0.15, 0.2) is 0 Å². The zero-order chi connectivity index (χ0) is 12.4. The van der Waals surface area contributed by atoms with Crippen molar-refractivity contribution < 1.29 is 4.79 Å². The van der Waals surface area contributed by atoms with Gasteiger partial charge in [-0.25, -0.2) is 0 Å². The Hall–Kier alpha value is -0.570. The molecule has 3 nitrogen and oxygen atoms in total. The van der Waals surface area contributed by atoms with Crippen LogP contribution in [-0.4, -0.2) is 18.5 Å². The summed E-state index contributed by atoms with van der Waals surface area (Å²) in [6.07, 6.45) is 6.40. The zero-order valence-electron chi connectivity index (χ0n) is 11.1. The Morgan fingerprint density at radius 3 is 2.44 bits per heavy atom. The monoisotopic (exact) mass is 228 g/mol. The Morgan fingerprint density at radius 2 is 1.88 bits per heavy atom. The highest BCUT2D eigenvalue weighted by atomic mass is 16.2. The molecule has 0 aliphatic carbocycles. The molecule has 0 bridgehead atoms. The van der Waals surface area contributed by atoms with Gasteiger partial charge >= 0.3 is 0 Å². The van der Waals surface area contributed by atoms with Crippen molar-refractivity contribution in [3.05, 3.63) is 0 Å². The van der Waals surface area contributed by atoms with E-state index in [2.05, 4.69) is 26.1 Å². The van der Waals surface area contributed by atoms with Gasteiger partial charge in [0.1, 0.15) is 0 Å². The topological polar surface area (TPSA) is 55.1 Å². The van der Waals surface area contributed by atoms with Crippen LogP contribution in [0, 0.1) is 5.92 Å². The first-order valence-electron chi connectivity index (χ1n) is 6.61. The van der Waals surface area contributed by atoms with Gasteiger partial charge < -0.3 is 11.1 Å². The van der Waals surface area contributed by atoms with E-state index in [1.807, 2.05) is 0 Å². The van der Waals surface area contributed by atoms with Crippen molar-refractivity contribution in [3.63, 3.8) is 0 Å². The molecular weight excluding hydrogens is 200 g/mol. The molecule has 0 aromatic rings. The molecule has 0 fully saturated rings. The summed E-state index contributed by atoms with van der Waals surface area (Å²) in [5.41, 5.74) is 5.75. The first-order valence-corrected chi connectivity index (χ1v) is 6.61. The fraction of sp³-hybridized carbons (Fsp3) is 0.923. The lowest BCUT2D eigenvalue weighted by molar-refractivity contribution is -0.122. The van der Waals surface area contributed by atoms with E-state index in [9.17, 15) is 4.79 Å². The van der Waals surface area contributed by atoms with Gasteiger partial charge in [0.05, 0.1) is 6.04 Å². The molecule has 96 valence electrons. The summed E-state index contributed by atoms with van der Waals surface area (Å²) in [4.78, 5) is 11.5. The lowest BCUT2D eigenvalue weighted by Gasteiger charge is -2.11. The van der Waals surface area contributed by atoms with Gasteiger partial charge in [0.2, 0.25) is 5.91 Å². The number of rotatable bonds is 9. The van der Waals surface area contributed by atoms with Gasteiger partial charge in [0, 0.05) is 6.54 Å². The van der Waals surface area contributed by atoms with Crippen molar-refractivity contribution in [2.75, 3.05) is 6.54 Å². The standard InChI is InChI=1S/C13H28N2O/c1-4-5-9-12(14)13(16)15-10-7-6-8-11(2)3/h11-12H,4-10,14H2,1-3H3,(H,15,16)/t12-/m0/s1. The molecule has 3 heteroatoms. The Balaban J connectivity index is 3.42. The first kappa shape index (κ1) is 15.4. The molecule has 0 aromatic heterocycles. The first-order chi connectivity index (χ1) is 7.57. The SMILES string of the molecule is CCCC[C@H](N)C(=O)NCCCCC(C)C. The molecule has 0 rings (SSSR count). The molecule has 1 atom stereocenters. The van der Waals surface area contributed by atoms with Crippen LogP contribution < -0.4 is 11.1 Å². The lowest BCUT2D eigenvalue weighted by Crippen LogP contribution is -2.40. The third-order valence-electron chi connectivity index (χ3n) is 2.71. The maximum atomic E-state index is 11.5. The van der Waals surface area contributed by atoms with Gasteiger partial charge in [-0.3, -0.25) is 4.79 Å². The second-order valence-electron chi connectivity index (χ2n) is 4.93. The van der Waals surface area contributed by atoms with Gasteiger partial charge in [-0.1, -0.05) is 46.5 Å². The van der Waals surface area contributed by atoms with Crippen LogP contribution in [0.5, 0.6) is 0 Å². The van der Waals surface area contributed by atoms with Crippen molar-refractivity contribution >= 4 is 5.91 Å². The number of carbonyl (C=O) groups excluding carboxylic acids is 1. The highest BCUT2D eigenvalue weighted by Crippen LogP contribution is 2.05. The van der Waals surface area contributed by atoms with Gasteiger partial charge in [-0.05, 0) is 18.8 Å². The van der Waals surface area contributed by atoms with Crippen LogP contribution in [0.2, 0.25) is 0 Å². The van der Waals surface area contributed by atoms with Crippen LogP contribution in [0.3, 0.4) is 0 Å². The fourth-order valence-corrected chi connectivity index (χ4v) is 1.58. The summed E-state index contributed by atoms with van der Waals surface area (Å²) in [5.74, 6) is 0.764. The van der Waals surface area contributed by atoms with Crippen LogP contribution in [0.1, 0.15) is 59.3 Å². The second-order valence-corrected chi connectivity index (χ2v) is 4.93. The minimum absolute atomic E-state index is 0.0120. The second kappa shape index (κ2) is 9.64. The molecule has 0 spiro atoms. The highest BCUT2D eigenvalue weighted by molar-refractivity contribution is 5.81. The molecule has 0 unspecified atom stereocenters. The Bertz CT molecular complexity index is 181. The van der Waals surface area contributed by atoms with E-state index in [1.165, 1.54) is 12.8 Å². The molecule has 16 heavy (non-hydrogen) atoms. The van der Waals surface area contributed by atoms with E-state index < -0.39 is 0 Å². The Kier molecular flexibility index (Phi) is 9.30. The zero-order valence-corrected chi connectivity index (χ0v) is 11.1. The summed E-state index contributed by atoms with van der Waals surface area (Å²) in [6.45, 7) is 7.32. The molecule has 0 saturated carbocycles. The smallest absolute Gasteiger partial charge is 0.236 e.